The first-order chi connectivity index (χ1) is 9.37. The van der Waals surface area contributed by atoms with E-state index < -0.39 is 5.97 Å². The summed E-state index contributed by atoms with van der Waals surface area (Å²) in [5, 5.41) is 9.22. The third-order valence-electron chi connectivity index (χ3n) is 4.29. The molecule has 1 aliphatic rings. The van der Waals surface area contributed by atoms with E-state index in [2.05, 4.69) is 37.8 Å². The zero-order chi connectivity index (χ0) is 14.8. The number of aliphatic carboxylic acids is 1. The monoisotopic (exact) mass is 275 g/mol. The number of aryl methyl sites for hydroxylation is 1. The second kappa shape index (κ2) is 5.86. The van der Waals surface area contributed by atoms with Gasteiger partial charge in [-0.1, -0.05) is 38.0 Å². The van der Waals surface area contributed by atoms with E-state index in [1.165, 1.54) is 18.4 Å². The van der Waals surface area contributed by atoms with Gasteiger partial charge < -0.3 is 10.0 Å². The molecule has 20 heavy (non-hydrogen) atoms. The molecule has 1 fully saturated rings. The maximum Gasteiger partial charge on any atom is 0.323 e. The summed E-state index contributed by atoms with van der Waals surface area (Å²) < 4.78 is 0. The molecule has 1 atom stereocenters. The molecule has 1 aromatic rings. The molecule has 0 aliphatic heterocycles. The second-order valence-electron chi connectivity index (χ2n) is 6.77. The highest BCUT2D eigenvalue weighted by atomic mass is 16.4. The molecule has 0 saturated heterocycles. The number of nitrogens with zero attached hydrogens (tertiary/aromatic N) is 1. The van der Waals surface area contributed by atoms with E-state index in [0.29, 0.717) is 11.5 Å². The zero-order valence-electron chi connectivity index (χ0n) is 12.7. The lowest BCUT2D eigenvalue weighted by molar-refractivity contribution is -0.135. The number of hydrogen-bond donors (Lipinski definition) is 1. The van der Waals surface area contributed by atoms with Gasteiger partial charge in [-0.2, -0.15) is 0 Å². The van der Waals surface area contributed by atoms with E-state index >= 15 is 0 Å². The molecule has 1 saturated carbocycles. The Morgan fingerprint density at radius 1 is 1.35 bits per heavy atom. The molecule has 0 aromatic heterocycles. The largest absolute Gasteiger partial charge is 0.480 e. The summed E-state index contributed by atoms with van der Waals surface area (Å²) in [6.45, 7) is 6.71. The average molecular weight is 275 g/mol. The lowest BCUT2D eigenvalue weighted by Gasteiger charge is -2.41. The van der Waals surface area contributed by atoms with Crippen molar-refractivity contribution in [2.75, 3.05) is 11.4 Å². The minimum atomic E-state index is -0.756. The van der Waals surface area contributed by atoms with E-state index in [4.69, 9.17) is 0 Å². The Kier molecular flexibility index (Phi) is 4.36. The summed E-state index contributed by atoms with van der Waals surface area (Å²) in [4.78, 5) is 13.3. The minimum absolute atomic E-state index is 0.0871. The maximum absolute atomic E-state index is 11.2. The van der Waals surface area contributed by atoms with Gasteiger partial charge in [0.25, 0.3) is 0 Å². The predicted octanol–water partition coefficient (Wildman–Crippen LogP) is 3.85. The Morgan fingerprint density at radius 3 is 2.55 bits per heavy atom. The number of carboxylic acid groups (broad SMARTS) is 1. The van der Waals surface area contributed by atoms with E-state index in [1.54, 1.807) is 0 Å². The quantitative estimate of drug-likeness (QED) is 0.907. The number of hydrogen-bond acceptors (Lipinski definition) is 2. The fourth-order valence-corrected chi connectivity index (χ4v) is 3.24. The van der Waals surface area contributed by atoms with Crippen LogP contribution in [0.3, 0.4) is 0 Å². The van der Waals surface area contributed by atoms with Crippen molar-refractivity contribution < 1.29 is 9.90 Å². The van der Waals surface area contributed by atoms with Gasteiger partial charge in [0.2, 0.25) is 0 Å². The fraction of sp³-hybridized carbons (Fsp3) is 0.588. The minimum Gasteiger partial charge on any atom is -0.480 e. The summed E-state index contributed by atoms with van der Waals surface area (Å²) in [7, 11) is 0. The van der Waals surface area contributed by atoms with Gasteiger partial charge in [0.15, 0.2) is 0 Å². The first-order valence-corrected chi connectivity index (χ1v) is 7.42. The molecule has 1 aliphatic carbocycles. The third kappa shape index (κ3) is 3.75. The summed E-state index contributed by atoms with van der Waals surface area (Å²) >= 11 is 0. The third-order valence-corrected chi connectivity index (χ3v) is 4.29. The first-order valence-electron chi connectivity index (χ1n) is 7.42. The molecule has 1 N–H and O–H groups in total. The van der Waals surface area contributed by atoms with Crippen molar-refractivity contribution in [1.29, 1.82) is 0 Å². The number of rotatable bonds is 4. The van der Waals surface area contributed by atoms with Crippen LogP contribution in [0, 0.1) is 12.3 Å². The average Bonchev–Trinajstić information content (AvgIpc) is 2.36. The second-order valence-corrected chi connectivity index (χ2v) is 6.77. The van der Waals surface area contributed by atoms with Crippen molar-refractivity contribution in [2.45, 2.75) is 52.5 Å². The Hall–Kier alpha value is -1.51. The van der Waals surface area contributed by atoms with E-state index in [9.17, 15) is 9.90 Å². The molecule has 3 nitrogen and oxygen atoms in total. The summed E-state index contributed by atoms with van der Waals surface area (Å²) in [5.74, 6) is -0.756. The smallest absolute Gasteiger partial charge is 0.323 e. The molecule has 0 spiro atoms. The van der Waals surface area contributed by atoms with Gasteiger partial charge in [-0.25, -0.2) is 0 Å². The van der Waals surface area contributed by atoms with Crippen LogP contribution in [0.4, 0.5) is 5.69 Å². The Morgan fingerprint density at radius 2 is 2.00 bits per heavy atom. The van der Waals surface area contributed by atoms with Crippen LogP contribution in [0.1, 0.15) is 45.1 Å². The van der Waals surface area contributed by atoms with Gasteiger partial charge in [0, 0.05) is 11.7 Å². The van der Waals surface area contributed by atoms with Gasteiger partial charge in [-0.15, -0.1) is 0 Å². The highest BCUT2D eigenvalue weighted by Gasteiger charge is 2.32. The van der Waals surface area contributed by atoms with Crippen molar-refractivity contribution in [3.8, 4) is 0 Å². The van der Waals surface area contributed by atoms with Crippen LogP contribution in [0.2, 0.25) is 0 Å². The van der Waals surface area contributed by atoms with Crippen LogP contribution in [-0.4, -0.2) is 23.7 Å². The van der Waals surface area contributed by atoms with Crippen molar-refractivity contribution in [2.24, 2.45) is 5.41 Å². The van der Waals surface area contributed by atoms with Crippen molar-refractivity contribution in [1.82, 2.24) is 0 Å². The van der Waals surface area contributed by atoms with Crippen molar-refractivity contribution in [3.63, 3.8) is 0 Å². The molecule has 1 unspecified atom stereocenters. The SMILES string of the molecule is Cc1ccc(N(CC(=O)O)C2CCCC(C)(C)C2)cc1. The van der Waals surface area contributed by atoms with Crippen LogP contribution in [0.15, 0.2) is 24.3 Å². The van der Waals surface area contributed by atoms with Crippen LogP contribution in [0.25, 0.3) is 0 Å². The number of benzene rings is 1. The van der Waals surface area contributed by atoms with E-state index in [-0.39, 0.29) is 6.54 Å². The highest BCUT2D eigenvalue weighted by molar-refractivity contribution is 5.74. The highest BCUT2D eigenvalue weighted by Crippen LogP contribution is 2.38. The lowest BCUT2D eigenvalue weighted by Crippen LogP contribution is -2.43. The normalized spacial score (nSPS) is 21.4. The topological polar surface area (TPSA) is 40.5 Å². The number of anilines is 1. The van der Waals surface area contributed by atoms with Crippen LogP contribution >= 0.6 is 0 Å². The lowest BCUT2D eigenvalue weighted by atomic mass is 9.74. The molecule has 0 heterocycles. The maximum atomic E-state index is 11.2. The molecular weight excluding hydrogens is 250 g/mol. The molecule has 0 bridgehead atoms. The van der Waals surface area contributed by atoms with Gasteiger partial charge in [0.1, 0.15) is 6.54 Å². The van der Waals surface area contributed by atoms with E-state index in [1.807, 2.05) is 12.1 Å². The first kappa shape index (κ1) is 14.9. The number of carboxylic acids is 1. The Labute approximate surface area is 121 Å². The van der Waals surface area contributed by atoms with Gasteiger partial charge in [-0.05, 0) is 43.7 Å². The predicted molar refractivity (Wildman–Crippen MR) is 82.2 cm³/mol. The molecule has 0 radical (unpaired) electrons. The molecular formula is C17H25NO2. The van der Waals surface area contributed by atoms with Crippen LogP contribution < -0.4 is 4.90 Å². The summed E-state index contributed by atoms with van der Waals surface area (Å²) in [6, 6.07) is 8.52. The van der Waals surface area contributed by atoms with Gasteiger partial charge >= 0.3 is 5.97 Å². The fourth-order valence-electron chi connectivity index (χ4n) is 3.24. The van der Waals surface area contributed by atoms with Crippen LogP contribution in [0.5, 0.6) is 0 Å². The van der Waals surface area contributed by atoms with Crippen molar-refractivity contribution in [3.05, 3.63) is 29.8 Å². The van der Waals surface area contributed by atoms with Crippen molar-refractivity contribution >= 4 is 11.7 Å². The number of carbonyl (C=O) groups is 1. The van der Waals surface area contributed by atoms with Gasteiger partial charge in [-0.3, -0.25) is 4.79 Å². The zero-order valence-corrected chi connectivity index (χ0v) is 12.7. The standard InChI is InChI=1S/C17H25NO2/c1-13-6-8-14(9-7-13)18(12-16(19)20)15-5-4-10-17(2,3)11-15/h6-9,15H,4-5,10-12H2,1-3H3,(H,19,20). The molecule has 3 heteroatoms. The molecule has 2 rings (SSSR count). The van der Waals surface area contributed by atoms with Crippen LogP contribution in [-0.2, 0) is 4.79 Å². The molecule has 0 amide bonds. The van der Waals surface area contributed by atoms with Gasteiger partial charge in [0.05, 0.1) is 0 Å². The molecule has 1 aromatic carbocycles. The Balaban J connectivity index is 2.23. The summed E-state index contributed by atoms with van der Waals surface area (Å²) in [6.07, 6.45) is 4.57. The van der Waals surface area contributed by atoms with E-state index in [0.717, 1.165) is 18.5 Å². The molecule has 110 valence electrons. The Bertz CT molecular complexity index is 464. The summed E-state index contributed by atoms with van der Waals surface area (Å²) in [5.41, 5.74) is 2.54.